The standard InChI is InChI=1S/C17H20Cl2N4/c18-14-5-4-13(15(19)10-14)6-7-20-16-11-17(22-12-21-16)23-8-2-1-3-9-23/h4-5,10-12H,1-3,6-9H2,(H,20,21,22). The molecule has 3 rings (SSSR count). The maximum atomic E-state index is 6.19. The Bertz CT molecular complexity index is 657. The zero-order valence-electron chi connectivity index (χ0n) is 12.9. The van der Waals surface area contributed by atoms with Crippen LogP contribution in [0.15, 0.2) is 30.6 Å². The van der Waals surface area contributed by atoms with E-state index in [2.05, 4.69) is 20.2 Å². The highest BCUT2D eigenvalue weighted by Gasteiger charge is 2.12. The van der Waals surface area contributed by atoms with Crippen LogP contribution in [0.5, 0.6) is 0 Å². The molecule has 1 fully saturated rings. The number of rotatable bonds is 5. The van der Waals surface area contributed by atoms with Crippen LogP contribution >= 0.6 is 23.2 Å². The summed E-state index contributed by atoms with van der Waals surface area (Å²) >= 11 is 12.1. The molecule has 0 bridgehead atoms. The second-order valence-corrected chi connectivity index (χ2v) is 6.57. The summed E-state index contributed by atoms with van der Waals surface area (Å²) in [4.78, 5) is 11.0. The van der Waals surface area contributed by atoms with E-state index in [1.165, 1.54) is 19.3 Å². The van der Waals surface area contributed by atoms with Crippen molar-refractivity contribution in [3.63, 3.8) is 0 Å². The van der Waals surface area contributed by atoms with Gasteiger partial charge in [-0.15, -0.1) is 0 Å². The molecule has 0 amide bonds. The summed E-state index contributed by atoms with van der Waals surface area (Å²) in [6.07, 6.45) is 6.23. The normalized spacial score (nSPS) is 14.8. The first-order valence-electron chi connectivity index (χ1n) is 7.97. The molecule has 0 saturated carbocycles. The van der Waals surface area contributed by atoms with Crippen LogP contribution in [0.2, 0.25) is 10.0 Å². The first-order valence-corrected chi connectivity index (χ1v) is 8.73. The van der Waals surface area contributed by atoms with E-state index in [1.54, 1.807) is 12.4 Å². The molecule has 122 valence electrons. The Kier molecular flexibility index (Phi) is 5.57. The van der Waals surface area contributed by atoms with Crippen LogP contribution < -0.4 is 10.2 Å². The minimum Gasteiger partial charge on any atom is -0.370 e. The quantitative estimate of drug-likeness (QED) is 0.865. The highest BCUT2D eigenvalue weighted by atomic mass is 35.5. The Labute approximate surface area is 146 Å². The zero-order chi connectivity index (χ0) is 16.1. The molecule has 1 aliphatic rings. The second kappa shape index (κ2) is 7.84. The molecule has 1 aliphatic heterocycles. The summed E-state index contributed by atoms with van der Waals surface area (Å²) in [7, 11) is 0. The summed E-state index contributed by atoms with van der Waals surface area (Å²) in [6, 6.07) is 7.62. The van der Waals surface area contributed by atoms with Crippen LogP contribution in [-0.2, 0) is 6.42 Å². The average molecular weight is 351 g/mol. The molecule has 23 heavy (non-hydrogen) atoms. The molecular weight excluding hydrogens is 331 g/mol. The lowest BCUT2D eigenvalue weighted by Crippen LogP contribution is -2.30. The van der Waals surface area contributed by atoms with Crippen LogP contribution in [0.25, 0.3) is 0 Å². The van der Waals surface area contributed by atoms with Crippen molar-refractivity contribution in [1.29, 1.82) is 0 Å². The fourth-order valence-corrected chi connectivity index (χ4v) is 3.29. The van der Waals surface area contributed by atoms with Crippen molar-refractivity contribution < 1.29 is 0 Å². The highest BCUT2D eigenvalue weighted by molar-refractivity contribution is 6.35. The van der Waals surface area contributed by atoms with Crippen molar-refractivity contribution in [3.05, 3.63) is 46.2 Å². The molecule has 0 radical (unpaired) electrons. The molecule has 2 aromatic rings. The number of hydrogen-bond donors (Lipinski definition) is 1. The lowest BCUT2D eigenvalue weighted by Gasteiger charge is -2.27. The molecule has 1 N–H and O–H groups in total. The van der Waals surface area contributed by atoms with Gasteiger partial charge in [0.2, 0.25) is 0 Å². The number of anilines is 2. The van der Waals surface area contributed by atoms with Gasteiger partial charge in [-0.3, -0.25) is 0 Å². The zero-order valence-corrected chi connectivity index (χ0v) is 14.4. The lowest BCUT2D eigenvalue weighted by molar-refractivity contribution is 0.573. The maximum absolute atomic E-state index is 6.19. The van der Waals surface area contributed by atoms with Gasteiger partial charge in [-0.1, -0.05) is 29.3 Å². The van der Waals surface area contributed by atoms with Gasteiger partial charge < -0.3 is 10.2 Å². The van der Waals surface area contributed by atoms with Crippen molar-refractivity contribution in [1.82, 2.24) is 9.97 Å². The first kappa shape index (κ1) is 16.3. The average Bonchev–Trinajstić information content (AvgIpc) is 2.58. The Morgan fingerprint density at radius 2 is 1.87 bits per heavy atom. The molecular formula is C17H20Cl2N4. The summed E-state index contributed by atoms with van der Waals surface area (Å²) in [5.41, 5.74) is 1.08. The van der Waals surface area contributed by atoms with Crippen LogP contribution in [0.3, 0.4) is 0 Å². The number of hydrogen-bond acceptors (Lipinski definition) is 4. The molecule has 1 aromatic heterocycles. The van der Waals surface area contributed by atoms with Gasteiger partial charge >= 0.3 is 0 Å². The third kappa shape index (κ3) is 4.49. The van der Waals surface area contributed by atoms with E-state index in [4.69, 9.17) is 23.2 Å². The maximum Gasteiger partial charge on any atom is 0.134 e. The number of aromatic nitrogens is 2. The van der Waals surface area contributed by atoms with E-state index in [9.17, 15) is 0 Å². The summed E-state index contributed by atoms with van der Waals surface area (Å²) < 4.78 is 0. The molecule has 6 heteroatoms. The Balaban J connectivity index is 1.57. The Hall–Kier alpha value is -1.52. The molecule has 2 heterocycles. The van der Waals surface area contributed by atoms with E-state index in [0.717, 1.165) is 43.3 Å². The van der Waals surface area contributed by atoms with Crippen LogP contribution in [-0.4, -0.2) is 29.6 Å². The lowest BCUT2D eigenvalue weighted by atomic mass is 10.1. The first-order chi connectivity index (χ1) is 11.2. The largest absolute Gasteiger partial charge is 0.370 e. The van der Waals surface area contributed by atoms with Gasteiger partial charge in [0.05, 0.1) is 0 Å². The van der Waals surface area contributed by atoms with E-state index in [-0.39, 0.29) is 0 Å². The van der Waals surface area contributed by atoms with E-state index >= 15 is 0 Å². The number of piperidine rings is 1. The van der Waals surface area contributed by atoms with Crippen molar-refractivity contribution >= 4 is 34.8 Å². The third-order valence-electron chi connectivity index (χ3n) is 4.05. The SMILES string of the molecule is Clc1ccc(CCNc2cc(N3CCCCC3)ncn2)c(Cl)c1. The summed E-state index contributed by atoms with van der Waals surface area (Å²) in [6.45, 7) is 2.92. The number of nitrogens with zero attached hydrogens (tertiary/aromatic N) is 3. The molecule has 4 nitrogen and oxygen atoms in total. The van der Waals surface area contributed by atoms with E-state index in [1.807, 2.05) is 18.2 Å². The van der Waals surface area contributed by atoms with Crippen molar-refractivity contribution in [2.75, 3.05) is 29.9 Å². The molecule has 1 aromatic carbocycles. The highest BCUT2D eigenvalue weighted by Crippen LogP contribution is 2.22. The number of benzene rings is 1. The predicted octanol–water partition coefficient (Wildman–Crippen LogP) is 4.43. The minimum atomic E-state index is 0.661. The van der Waals surface area contributed by atoms with Gasteiger partial charge in [-0.2, -0.15) is 0 Å². The van der Waals surface area contributed by atoms with Crippen LogP contribution in [0, 0.1) is 0 Å². The van der Waals surface area contributed by atoms with Gasteiger partial charge in [0.1, 0.15) is 18.0 Å². The Morgan fingerprint density at radius 1 is 1.04 bits per heavy atom. The third-order valence-corrected chi connectivity index (χ3v) is 4.64. The topological polar surface area (TPSA) is 41.0 Å². The van der Waals surface area contributed by atoms with E-state index in [0.29, 0.717) is 10.0 Å². The van der Waals surface area contributed by atoms with Crippen LogP contribution in [0.4, 0.5) is 11.6 Å². The van der Waals surface area contributed by atoms with Crippen LogP contribution in [0.1, 0.15) is 24.8 Å². The fourth-order valence-electron chi connectivity index (χ4n) is 2.79. The summed E-state index contributed by atoms with van der Waals surface area (Å²) in [5, 5.41) is 4.71. The smallest absolute Gasteiger partial charge is 0.134 e. The Morgan fingerprint density at radius 3 is 2.65 bits per heavy atom. The van der Waals surface area contributed by atoms with Gasteiger partial charge in [0.15, 0.2) is 0 Å². The van der Waals surface area contributed by atoms with Crippen molar-refractivity contribution in [2.45, 2.75) is 25.7 Å². The summed E-state index contributed by atoms with van der Waals surface area (Å²) in [5.74, 6) is 1.86. The van der Waals surface area contributed by atoms with Crippen molar-refractivity contribution in [2.24, 2.45) is 0 Å². The molecule has 1 saturated heterocycles. The number of halogens is 2. The minimum absolute atomic E-state index is 0.661. The molecule has 0 unspecified atom stereocenters. The van der Waals surface area contributed by atoms with Gasteiger partial charge in [-0.25, -0.2) is 9.97 Å². The van der Waals surface area contributed by atoms with Gasteiger partial charge in [0.25, 0.3) is 0 Å². The fraction of sp³-hybridized carbons (Fsp3) is 0.412. The van der Waals surface area contributed by atoms with Gasteiger partial charge in [0, 0.05) is 35.7 Å². The predicted molar refractivity (Wildman–Crippen MR) is 96.8 cm³/mol. The molecule has 0 spiro atoms. The van der Waals surface area contributed by atoms with Gasteiger partial charge in [-0.05, 0) is 43.4 Å². The van der Waals surface area contributed by atoms with E-state index < -0.39 is 0 Å². The number of nitrogens with one attached hydrogen (secondary N) is 1. The van der Waals surface area contributed by atoms with Crippen molar-refractivity contribution in [3.8, 4) is 0 Å². The molecule has 0 aliphatic carbocycles. The molecule has 0 atom stereocenters. The monoisotopic (exact) mass is 350 g/mol. The second-order valence-electron chi connectivity index (χ2n) is 5.72.